The molecule has 0 spiro atoms. The summed E-state index contributed by atoms with van der Waals surface area (Å²) in [5.41, 5.74) is 4.39. The Labute approximate surface area is 226 Å². The molecular weight excluding hydrogens is 531 g/mol. The first-order valence-corrected chi connectivity index (χ1v) is 14.1. The van der Waals surface area contributed by atoms with Gasteiger partial charge in [0.05, 0.1) is 13.2 Å². The van der Waals surface area contributed by atoms with Gasteiger partial charge in [-0.1, -0.05) is 26.0 Å². The minimum absolute atomic E-state index is 0.0132. The molecule has 5 N–H and O–H groups in total. The largest absolute Gasteiger partial charge is 0.465 e. The fourth-order valence-electron chi connectivity index (χ4n) is 4.13. The zero-order valence-corrected chi connectivity index (χ0v) is 23.8. The average Bonchev–Trinajstić information content (AvgIpc) is 3.06. The van der Waals surface area contributed by atoms with Crippen LogP contribution in [0, 0.1) is 6.92 Å². The molecule has 39 heavy (non-hydrogen) atoms. The van der Waals surface area contributed by atoms with Gasteiger partial charge >= 0.3 is 19.4 Å². The molecule has 14 heteroatoms. The van der Waals surface area contributed by atoms with Crippen molar-refractivity contribution in [1.82, 2.24) is 14.6 Å². The van der Waals surface area contributed by atoms with E-state index in [1.54, 1.807) is 13.0 Å². The van der Waals surface area contributed by atoms with E-state index >= 15 is 0 Å². The Kier molecular flexibility index (Phi) is 9.58. The Morgan fingerprint density at radius 1 is 1.33 bits per heavy atom. The number of aryl methyl sites for hydroxylation is 1. The molecule has 216 valence electrons. The number of benzene rings is 1. The number of anilines is 1. The summed E-state index contributed by atoms with van der Waals surface area (Å²) in [5, 5.41) is 24.4. The molecule has 0 aliphatic carbocycles. The highest BCUT2D eigenvalue weighted by Crippen LogP contribution is 2.48. The summed E-state index contributed by atoms with van der Waals surface area (Å²) in [6.45, 7) is 9.67. The number of ether oxygens (including phenoxy) is 2. The molecule has 13 nitrogen and oxygen atoms in total. The summed E-state index contributed by atoms with van der Waals surface area (Å²) < 4.78 is 37.4. The molecule has 1 saturated heterocycles. The summed E-state index contributed by atoms with van der Waals surface area (Å²) in [6.07, 6.45) is -2.87. The van der Waals surface area contributed by atoms with Crippen LogP contribution in [-0.2, 0) is 23.4 Å². The van der Waals surface area contributed by atoms with Crippen LogP contribution in [0.15, 0.2) is 35.3 Å². The van der Waals surface area contributed by atoms with Gasteiger partial charge in [-0.3, -0.25) is 13.9 Å². The van der Waals surface area contributed by atoms with E-state index in [4.69, 9.17) is 24.3 Å². The van der Waals surface area contributed by atoms with E-state index in [0.29, 0.717) is 0 Å². The van der Waals surface area contributed by atoms with Crippen molar-refractivity contribution < 1.29 is 38.1 Å². The second-order valence-electron chi connectivity index (χ2n) is 9.92. The van der Waals surface area contributed by atoms with Crippen molar-refractivity contribution in [2.45, 2.75) is 77.5 Å². The van der Waals surface area contributed by atoms with Gasteiger partial charge in [0.2, 0.25) is 0 Å². The number of carbonyl (C=O) groups is 1. The Morgan fingerprint density at radius 2 is 2.03 bits per heavy atom. The smallest absolute Gasteiger partial charge is 0.459 e. The number of aliphatic hydroxyl groups excluding tert-OH is 1. The van der Waals surface area contributed by atoms with Gasteiger partial charge < -0.3 is 29.9 Å². The number of hydrogen-bond acceptors (Lipinski definition) is 11. The maximum absolute atomic E-state index is 14.0. The van der Waals surface area contributed by atoms with Crippen LogP contribution in [0.4, 0.5) is 5.82 Å². The number of carbonyl (C=O) groups excluding carboxylic acids is 1. The summed E-state index contributed by atoms with van der Waals surface area (Å²) in [6, 6.07) is 5.70. The number of nitrogen functional groups attached to an aromatic ring is 1. The minimum Gasteiger partial charge on any atom is -0.465 e. The third-order valence-corrected chi connectivity index (χ3v) is 7.90. The minimum atomic E-state index is -4.31. The molecule has 1 fully saturated rings. The van der Waals surface area contributed by atoms with E-state index in [9.17, 15) is 24.4 Å². The van der Waals surface area contributed by atoms with Crippen molar-refractivity contribution in [3.05, 3.63) is 52.1 Å². The number of nitrogens with two attached hydrogens (primary N) is 1. The zero-order chi connectivity index (χ0) is 29.1. The molecular formula is C25H37N4O9P. The standard InChI is InChI=1S/C25H37N4O9P/c1-7-35-22(31)16(5)28-39(34,38-18-12-15(4)8-9-17(18)14(2)3)36-13-19-21(30)25(6,33)23(37-19)29-11-10-20(26)27-24(29)32/h8-12,14,16,19,21,23,30,33H,7,13H2,1-6H3,(H,28,34)(H2,26,27,32)/t16-,19+,21+,23?,25+,39?/m0/s1. The first-order valence-electron chi connectivity index (χ1n) is 12.6. The van der Waals surface area contributed by atoms with E-state index in [1.807, 2.05) is 32.9 Å². The van der Waals surface area contributed by atoms with Gasteiger partial charge in [0.1, 0.15) is 35.4 Å². The number of nitrogens with zero attached hydrogens (tertiary/aromatic N) is 2. The van der Waals surface area contributed by atoms with Gasteiger partial charge in [-0.05, 0) is 56.9 Å². The molecule has 2 aromatic rings. The normalized spacial score (nSPS) is 25.3. The molecule has 0 saturated carbocycles. The van der Waals surface area contributed by atoms with Crippen molar-refractivity contribution in [3.63, 3.8) is 0 Å². The summed E-state index contributed by atoms with van der Waals surface area (Å²) in [7, 11) is -4.31. The van der Waals surface area contributed by atoms with E-state index in [2.05, 4.69) is 10.1 Å². The van der Waals surface area contributed by atoms with Gasteiger partial charge in [-0.25, -0.2) is 9.36 Å². The molecule has 1 aromatic carbocycles. The van der Waals surface area contributed by atoms with Crippen LogP contribution in [0.2, 0.25) is 0 Å². The summed E-state index contributed by atoms with van der Waals surface area (Å²) >= 11 is 0. The number of aliphatic hydroxyl groups is 2. The quantitative estimate of drug-likeness (QED) is 0.229. The topological polar surface area (TPSA) is 184 Å². The predicted octanol–water partition coefficient (Wildman–Crippen LogP) is 2.01. The molecule has 2 unspecified atom stereocenters. The van der Waals surface area contributed by atoms with E-state index in [-0.39, 0.29) is 24.1 Å². The van der Waals surface area contributed by atoms with Crippen LogP contribution in [0.25, 0.3) is 0 Å². The highest BCUT2D eigenvalue weighted by Gasteiger charge is 2.54. The van der Waals surface area contributed by atoms with Crippen LogP contribution >= 0.6 is 7.75 Å². The number of hydrogen-bond donors (Lipinski definition) is 4. The van der Waals surface area contributed by atoms with Crippen molar-refractivity contribution in [1.29, 1.82) is 0 Å². The highest BCUT2D eigenvalue weighted by atomic mass is 31.2. The van der Waals surface area contributed by atoms with Gasteiger partial charge in [-0.2, -0.15) is 10.1 Å². The second kappa shape index (κ2) is 12.2. The predicted molar refractivity (Wildman–Crippen MR) is 142 cm³/mol. The lowest BCUT2D eigenvalue weighted by Crippen LogP contribution is -2.46. The lowest BCUT2D eigenvalue weighted by molar-refractivity contribution is -0.144. The maximum atomic E-state index is 14.0. The van der Waals surface area contributed by atoms with E-state index < -0.39 is 56.1 Å². The molecule has 6 atom stereocenters. The third-order valence-electron chi connectivity index (χ3n) is 6.27. The molecule has 2 heterocycles. The average molecular weight is 569 g/mol. The Hall–Kier alpha value is -2.80. The highest BCUT2D eigenvalue weighted by molar-refractivity contribution is 7.52. The fourth-order valence-corrected chi connectivity index (χ4v) is 5.65. The van der Waals surface area contributed by atoms with E-state index in [0.717, 1.165) is 15.7 Å². The lowest BCUT2D eigenvalue weighted by atomic mass is 9.96. The zero-order valence-electron chi connectivity index (χ0n) is 22.9. The van der Waals surface area contributed by atoms with Crippen LogP contribution in [-0.4, -0.2) is 62.8 Å². The van der Waals surface area contributed by atoms with Gasteiger partial charge in [0.25, 0.3) is 0 Å². The number of nitrogens with one attached hydrogen (secondary N) is 1. The number of rotatable bonds is 11. The molecule has 3 rings (SSSR count). The maximum Gasteiger partial charge on any atom is 0.459 e. The third kappa shape index (κ3) is 7.05. The van der Waals surface area contributed by atoms with Gasteiger partial charge in [0, 0.05) is 6.20 Å². The van der Waals surface area contributed by atoms with Crippen LogP contribution in [0.5, 0.6) is 5.75 Å². The summed E-state index contributed by atoms with van der Waals surface area (Å²) in [4.78, 5) is 28.3. The summed E-state index contributed by atoms with van der Waals surface area (Å²) in [5.74, 6) is -0.395. The van der Waals surface area contributed by atoms with Crippen molar-refractivity contribution in [3.8, 4) is 5.75 Å². The Morgan fingerprint density at radius 3 is 2.64 bits per heavy atom. The monoisotopic (exact) mass is 568 g/mol. The van der Waals surface area contributed by atoms with Crippen LogP contribution < -0.4 is 21.0 Å². The molecule has 1 aliphatic rings. The molecule has 0 radical (unpaired) electrons. The number of aromatic nitrogens is 2. The van der Waals surface area contributed by atoms with Crippen molar-refractivity contribution in [2.75, 3.05) is 18.9 Å². The molecule has 1 aliphatic heterocycles. The fraction of sp³-hybridized carbons (Fsp3) is 0.560. The van der Waals surface area contributed by atoms with Crippen LogP contribution in [0.1, 0.15) is 57.9 Å². The van der Waals surface area contributed by atoms with Crippen molar-refractivity contribution in [2.24, 2.45) is 0 Å². The van der Waals surface area contributed by atoms with Gasteiger partial charge in [0.15, 0.2) is 6.23 Å². The van der Waals surface area contributed by atoms with Crippen molar-refractivity contribution >= 4 is 19.5 Å². The second-order valence-corrected chi connectivity index (χ2v) is 11.6. The lowest BCUT2D eigenvalue weighted by Gasteiger charge is -2.27. The number of esters is 1. The molecule has 0 bridgehead atoms. The molecule has 0 amide bonds. The first-order chi connectivity index (χ1) is 18.2. The Balaban J connectivity index is 1.88. The Bertz CT molecular complexity index is 1280. The SMILES string of the molecule is CCOC(=O)[C@H](C)NP(=O)(OC[C@H]1OC(n2ccc(N)nc2=O)[C@](C)(O)[C@@H]1O)Oc1cc(C)ccc1C(C)C. The first kappa shape index (κ1) is 30.7. The van der Waals surface area contributed by atoms with Gasteiger partial charge in [-0.15, -0.1) is 0 Å². The van der Waals surface area contributed by atoms with E-state index in [1.165, 1.54) is 26.1 Å². The molecule has 1 aromatic heterocycles. The van der Waals surface area contributed by atoms with Crippen LogP contribution in [0.3, 0.4) is 0 Å².